The van der Waals surface area contributed by atoms with Crippen LogP contribution in [0.5, 0.6) is 0 Å². The second-order valence-corrected chi connectivity index (χ2v) is 23.5. The van der Waals surface area contributed by atoms with E-state index in [2.05, 4.69) is 0 Å². The molecule has 0 heterocycles. The van der Waals surface area contributed by atoms with Crippen LogP contribution in [-0.2, 0) is 4.79 Å². The number of ketones is 1. The van der Waals surface area contributed by atoms with Crippen molar-refractivity contribution in [3.05, 3.63) is 0 Å². The maximum absolute atomic E-state index is 11.0. The second kappa shape index (κ2) is 4.39. The van der Waals surface area contributed by atoms with Gasteiger partial charge in [-0.3, -0.25) is 0 Å². The summed E-state index contributed by atoms with van der Waals surface area (Å²) >= 11 is -3.46. The van der Waals surface area contributed by atoms with Crippen LogP contribution in [0.15, 0.2) is 0 Å². The van der Waals surface area contributed by atoms with Crippen molar-refractivity contribution < 1.29 is 4.79 Å². The number of rotatable bonds is 3. The van der Waals surface area contributed by atoms with Gasteiger partial charge in [0.1, 0.15) is 0 Å². The van der Waals surface area contributed by atoms with E-state index in [0.29, 0.717) is 6.42 Å². The number of hydrogen-bond donors (Lipinski definition) is 0. The van der Waals surface area contributed by atoms with Gasteiger partial charge in [-0.25, -0.2) is 0 Å². The molecule has 0 saturated carbocycles. The Bertz CT molecular complexity index is 131. The Hall–Kier alpha value is 1.34. The number of Topliss-reactive ketones (excluding diaryl/α,β-unsaturated/α-hetero) is 1. The summed E-state index contributed by atoms with van der Waals surface area (Å²) in [4.78, 5) is 11.0. The fourth-order valence-electron chi connectivity index (χ4n) is 0.489. The van der Waals surface area contributed by atoms with Gasteiger partial charge in [-0.2, -0.15) is 0 Å². The summed E-state index contributed by atoms with van der Waals surface area (Å²) < 4.78 is -0.302. The van der Waals surface area contributed by atoms with Gasteiger partial charge < -0.3 is 0 Å². The molecule has 1 unspecified atom stereocenters. The number of halogens is 3. The fraction of sp³-hybridized carbons (Fsp3) is 0.800. The van der Waals surface area contributed by atoms with Crippen molar-refractivity contribution in [2.45, 2.75) is 24.2 Å². The van der Waals surface area contributed by atoms with Crippen molar-refractivity contribution in [3.8, 4) is 0 Å². The first-order chi connectivity index (χ1) is 4.39. The molecule has 0 aromatic rings. The van der Waals surface area contributed by atoms with Gasteiger partial charge >= 0.3 is 76.5 Å². The van der Waals surface area contributed by atoms with Crippen molar-refractivity contribution in [1.82, 2.24) is 0 Å². The zero-order chi connectivity index (χ0) is 8.36. The van der Waals surface area contributed by atoms with Crippen LogP contribution in [0.1, 0.15) is 20.3 Å². The van der Waals surface area contributed by atoms with Crippen LogP contribution in [0, 0.1) is 0 Å². The Morgan fingerprint density at radius 2 is 1.90 bits per heavy atom. The standard InChI is InChI=1S/C5H9O.3ClH.Sn/c1-3-5(6)4-2;;;;/h3H,4H2,1-2H3;3*1H;/q;;;;+3/p-3. The number of carbonyl (C=O) groups is 1. The summed E-state index contributed by atoms with van der Waals surface area (Å²) in [6.45, 7) is 3.48. The Balaban J connectivity index is 4.08. The Morgan fingerprint density at radius 3 is 2.00 bits per heavy atom. The summed E-state index contributed by atoms with van der Waals surface area (Å²) in [5.74, 6) is 0.0656. The van der Waals surface area contributed by atoms with Crippen molar-refractivity contribution in [3.63, 3.8) is 0 Å². The molecule has 5 heteroatoms. The first-order valence-corrected chi connectivity index (χ1v) is 15.5. The molecule has 0 N–H and O–H groups in total. The number of hydrogen-bond acceptors (Lipinski definition) is 1. The molecule has 0 aliphatic rings. The van der Waals surface area contributed by atoms with Crippen LogP contribution in [-0.4, -0.2) is 20.8 Å². The fourth-order valence-corrected chi connectivity index (χ4v) is 4.56. The summed E-state index contributed by atoms with van der Waals surface area (Å²) in [5, 5.41) is 0. The summed E-state index contributed by atoms with van der Waals surface area (Å²) in [6, 6.07) is 0. The minimum absolute atomic E-state index is 0.0656. The van der Waals surface area contributed by atoms with Crippen LogP contribution in [0.3, 0.4) is 0 Å². The normalized spacial score (nSPS) is 14.9. The zero-order valence-electron chi connectivity index (χ0n) is 5.83. The van der Waals surface area contributed by atoms with Gasteiger partial charge in [0.15, 0.2) is 0 Å². The predicted octanol–water partition coefficient (Wildman–Crippen LogP) is 3.01. The van der Waals surface area contributed by atoms with Crippen molar-refractivity contribution in [2.75, 3.05) is 0 Å². The molecule has 0 rings (SSSR count). The molecule has 0 bridgehead atoms. The van der Waals surface area contributed by atoms with Crippen LogP contribution in [0.2, 0.25) is 3.93 Å². The molecule has 1 nitrogen and oxygen atoms in total. The van der Waals surface area contributed by atoms with Crippen molar-refractivity contribution in [2.24, 2.45) is 0 Å². The van der Waals surface area contributed by atoms with Crippen LogP contribution in [0.25, 0.3) is 0 Å². The maximum atomic E-state index is 11.0. The quantitative estimate of drug-likeness (QED) is 0.732. The molecule has 10 heavy (non-hydrogen) atoms. The summed E-state index contributed by atoms with van der Waals surface area (Å²) in [5.41, 5.74) is 0. The van der Waals surface area contributed by atoms with Gasteiger partial charge in [0, 0.05) is 0 Å². The van der Waals surface area contributed by atoms with Gasteiger partial charge in [-0.1, -0.05) is 0 Å². The van der Waals surface area contributed by atoms with Crippen LogP contribution < -0.4 is 0 Å². The summed E-state index contributed by atoms with van der Waals surface area (Å²) in [7, 11) is 17.0. The van der Waals surface area contributed by atoms with Gasteiger partial charge in [0.25, 0.3) is 0 Å². The average molecular weight is 310 g/mol. The molecule has 0 spiro atoms. The average Bonchev–Trinajstić information content (AvgIpc) is 1.83. The molecule has 1 atom stereocenters. The molecule has 0 radical (unpaired) electrons. The molecular formula is C5H9Cl3OSn. The molecule has 0 amide bonds. The predicted molar refractivity (Wildman–Crippen MR) is 48.0 cm³/mol. The first-order valence-electron chi connectivity index (χ1n) is 2.99. The summed E-state index contributed by atoms with van der Waals surface area (Å²) in [6.07, 6.45) is 0.464. The van der Waals surface area contributed by atoms with E-state index in [9.17, 15) is 4.79 Å². The molecular weight excluding hydrogens is 301 g/mol. The minimum atomic E-state index is -3.46. The van der Waals surface area contributed by atoms with Crippen molar-refractivity contribution in [1.29, 1.82) is 0 Å². The molecule has 0 fully saturated rings. The second-order valence-electron chi connectivity index (χ2n) is 2.08. The van der Waals surface area contributed by atoms with E-state index in [-0.39, 0.29) is 9.72 Å². The molecule has 0 aliphatic heterocycles. The molecule has 0 saturated heterocycles. The molecule has 0 aliphatic carbocycles. The third-order valence-corrected chi connectivity index (χ3v) is 11.6. The van der Waals surface area contributed by atoms with Gasteiger partial charge in [0.05, 0.1) is 0 Å². The van der Waals surface area contributed by atoms with E-state index in [4.69, 9.17) is 26.8 Å². The van der Waals surface area contributed by atoms with Gasteiger partial charge in [0.2, 0.25) is 0 Å². The van der Waals surface area contributed by atoms with E-state index < -0.39 is 15.0 Å². The van der Waals surface area contributed by atoms with E-state index in [1.54, 1.807) is 13.8 Å². The monoisotopic (exact) mass is 310 g/mol. The van der Waals surface area contributed by atoms with Crippen molar-refractivity contribution >= 4 is 47.5 Å². The molecule has 60 valence electrons. The van der Waals surface area contributed by atoms with Gasteiger partial charge in [-0.15, -0.1) is 0 Å². The van der Waals surface area contributed by atoms with E-state index >= 15 is 0 Å². The molecule has 0 aromatic carbocycles. The molecule has 0 aromatic heterocycles. The van der Waals surface area contributed by atoms with Crippen LogP contribution >= 0.6 is 26.8 Å². The van der Waals surface area contributed by atoms with E-state index in [1.165, 1.54) is 0 Å². The van der Waals surface area contributed by atoms with E-state index in [1.807, 2.05) is 0 Å². The third-order valence-electron chi connectivity index (χ3n) is 1.32. The number of carbonyl (C=O) groups excluding carboxylic acids is 1. The SMILES string of the molecule is CCC(=O)[CH](C)[Sn]([Cl])([Cl])[Cl]. The first kappa shape index (κ1) is 11.3. The van der Waals surface area contributed by atoms with Gasteiger partial charge in [-0.05, 0) is 0 Å². The Morgan fingerprint density at radius 1 is 1.50 bits per heavy atom. The van der Waals surface area contributed by atoms with E-state index in [0.717, 1.165) is 0 Å². The topological polar surface area (TPSA) is 17.1 Å². The Kier molecular flexibility index (Phi) is 4.97. The third kappa shape index (κ3) is 3.65. The Labute approximate surface area is 76.0 Å². The van der Waals surface area contributed by atoms with Crippen LogP contribution in [0.4, 0.5) is 0 Å². The zero-order valence-corrected chi connectivity index (χ0v) is 10.9.